The average molecular weight is 534 g/mol. The molecule has 0 amide bonds. The summed E-state index contributed by atoms with van der Waals surface area (Å²) in [6.45, 7) is 0. The second kappa shape index (κ2) is 8.83. The van der Waals surface area contributed by atoms with E-state index in [1.54, 1.807) is 0 Å². The lowest BCUT2D eigenvalue weighted by molar-refractivity contribution is 1.09. The molecule has 0 radical (unpaired) electrons. The molecule has 0 N–H and O–H groups in total. The fraction of sp³-hybridized carbons (Fsp3) is 0. The summed E-state index contributed by atoms with van der Waals surface area (Å²) in [5.74, 6) is 0.905. The van der Waals surface area contributed by atoms with E-state index in [1.807, 2.05) is 12.1 Å². The number of aromatic nitrogens is 3. The van der Waals surface area contributed by atoms with Crippen LogP contribution in [0.2, 0.25) is 0 Å². The first-order valence-electron chi connectivity index (χ1n) is 14.2. The summed E-state index contributed by atoms with van der Waals surface area (Å²) in [6, 6.07) is 55.6. The fourth-order valence-corrected chi connectivity index (χ4v) is 6.53. The van der Waals surface area contributed by atoms with Crippen LogP contribution in [0.4, 0.5) is 0 Å². The molecule has 3 heteroatoms. The largest absolute Gasteiger partial charge is 0.309 e. The number of nitrogens with zero attached hydrogens (tertiary/aromatic N) is 3. The molecule has 9 aromatic rings. The molecule has 0 unspecified atom stereocenters. The number of fused-ring (bicyclic) bond motifs is 8. The van der Waals surface area contributed by atoms with Crippen molar-refractivity contribution in [2.45, 2.75) is 0 Å². The van der Waals surface area contributed by atoms with Crippen molar-refractivity contribution in [3.8, 4) is 22.8 Å². The summed E-state index contributed by atoms with van der Waals surface area (Å²) in [7, 11) is 0. The van der Waals surface area contributed by atoms with Gasteiger partial charge in [-0.15, -0.1) is 0 Å². The maximum absolute atomic E-state index is 5.22. The van der Waals surface area contributed by atoms with E-state index >= 15 is 0 Å². The third kappa shape index (κ3) is 3.27. The molecule has 194 valence electrons. The molecule has 0 aliphatic carbocycles. The van der Waals surface area contributed by atoms with Gasteiger partial charge in [-0.3, -0.25) is 4.57 Å². The Hall–Kier alpha value is -5.85. The van der Waals surface area contributed by atoms with Gasteiger partial charge in [0.1, 0.15) is 5.82 Å². The topological polar surface area (TPSA) is 22.8 Å². The first kappa shape index (κ1) is 22.9. The van der Waals surface area contributed by atoms with Crippen LogP contribution in [-0.4, -0.2) is 14.1 Å². The number of para-hydroxylation sites is 2. The molecule has 9 rings (SSSR count). The number of rotatable bonds is 3. The van der Waals surface area contributed by atoms with Gasteiger partial charge >= 0.3 is 0 Å². The summed E-state index contributed by atoms with van der Waals surface area (Å²) in [4.78, 5) is 5.22. The highest BCUT2D eigenvalue weighted by molar-refractivity contribution is 6.26. The van der Waals surface area contributed by atoms with Gasteiger partial charge in [0.05, 0.1) is 27.8 Å². The van der Waals surface area contributed by atoms with Gasteiger partial charge in [-0.05, 0) is 60.0 Å². The van der Waals surface area contributed by atoms with Gasteiger partial charge in [0, 0.05) is 38.2 Å². The highest BCUT2D eigenvalue weighted by Gasteiger charge is 2.21. The van der Waals surface area contributed by atoms with Gasteiger partial charge in [0.25, 0.3) is 0 Å². The third-order valence-corrected chi connectivity index (χ3v) is 8.35. The van der Waals surface area contributed by atoms with Crippen LogP contribution < -0.4 is 0 Å². The molecular formula is C39H23N3. The molecule has 42 heavy (non-hydrogen) atoms. The minimum Gasteiger partial charge on any atom is -0.309 e. The van der Waals surface area contributed by atoms with Crippen LogP contribution in [-0.2, 0) is 0 Å². The molecular weight excluding hydrogens is 510 g/mol. The Morgan fingerprint density at radius 3 is 2.21 bits per heavy atom. The molecule has 0 spiro atoms. The van der Waals surface area contributed by atoms with E-state index in [9.17, 15) is 0 Å². The quantitative estimate of drug-likeness (QED) is 0.222. The van der Waals surface area contributed by atoms with Crippen LogP contribution in [0.15, 0.2) is 140 Å². The SMILES string of the molecule is c1ccc2ccc(-n3c4ccccc4c4c3ccc3c5ccccc5n(-c5cccc(-c6ccccc6)n5)c34)cc2c#1. The van der Waals surface area contributed by atoms with Crippen molar-refractivity contribution >= 4 is 54.4 Å². The lowest BCUT2D eigenvalue weighted by Crippen LogP contribution is -1.99. The second-order valence-electron chi connectivity index (χ2n) is 10.7. The van der Waals surface area contributed by atoms with E-state index in [4.69, 9.17) is 4.98 Å². The van der Waals surface area contributed by atoms with Crippen molar-refractivity contribution in [1.82, 2.24) is 14.1 Å². The summed E-state index contributed by atoms with van der Waals surface area (Å²) in [5.41, 5.74) is 7.81. The molecule has 0 aliphatic rings. The van der Waals surface area contributed by atoms with E-state index in [2.05, 4.69) is 149 Å². The third-order valence-electron chi connectivity index (χ3n) is 8.35. The van der Waals surface area contributed by atoms with Crippen LogP contribution in [0.3, 0.4) is 0 Å². The van der Waals surface area contributed by atoms with Crippen molar-refractivity contribution in [3.05, 3.63) is 152 Å². The van der Waals surface area contributed by atoms with Gasteiger partial charge in [-0.1, -0.05) is 97.1 Å². The van der Waals surface area contributed by atoms with E-state index in [0.717, 1.165) is 44.6 Å². The molecule has 0 saturated heterocycles. The molecule has 3 aromatic heterocycles. The Bertz CT molecular complexity index is 2460. The minimum atomic E-state index is 0.905. The first-order chi connectivity index (χ1) is 20.8. The summed E-state index contributed by atoms with van der Waals surface area (Å²) >= 11 is 0. The minimum absolute atomic E-state index is 0.905. The van der Waals surface area contributed by atoms with E-state index in [-0.39, 0.29) is 0 Å². The first-order valence-corrected chi connectivity index (χ1v) is 14.2. The average Bonchev–Trinajstić information content (AvgIpc) is 3.58. The number of pyridine rings is 1. The number of hydrogen-bond acceptors (Lipinski definition) is 1. The van der Waals surface area contributed by atoms with Crippen LogP contribution in [0.25, 0.3) is 77.1 Å². The van der Waals surface area contributed by atoms with Gasteiger partial charge in [0.15, 0.2) is 0 Å². The van der Waals surface area contributed by atoms with E-state index < -0.39 is 0 Å². The van der Waals surface area contributed by atoms with Crippen LogP contribution in [0.5, 0.6) is 0 Å². The van der Waals surface area contributed by atoms with Gasteiger partial charge in [-0.25, -0.2) is 4.98 Å². The Balaban J connectivity index is 1.42. The lowest BCUT2D eigenvalue weighted by Gasteiger charge is -2.11. The van der Waals surface area contributed by atoms with Crippen molar-refractivity contribution in [3.63, 3.8) is 0 Å². The smallest absolute Gasteiger partial charge is 0.138 e. The van der Waals surface area contributed by atoms with Crippen molar-refractivity contribution in [2.75, 3.05) is 0 Å². The molecule has 0 bridgehead atoms. The zero-order valence-electron chi connectivity index (χ0n) is 22.6. The molecule has 0 saturated carbocycles. The van der Waals surface area contributed by atoms with Crippen LogP contribution in [0, 0.1) is 12.1 Å². The maximum Gasteiger partial charge on any atom is 0.138 e. The normalized spacial score (nSPS) is 11.6. The standard InChI is InChI=1S/C39H23N3/c1-2-12-27(13-3-1)33-17-10-20-37(40-33)42-34-18-8-6-15-30(34)31-23-24-36-38(39(31)42)32-16-7-9-19-35(32)41(36)29-22-21-26-11-4-5-14-28(26)25-29/h1-4,6-13,15-25H. The van der Waals surface area contributed by atoms with E-state index in [0.29, 0.717) is 0 Å². The summed E-state index contributed by atoms with van der Waals surface area (Å²) in [5, 5.41) is 7.08. The Morgan fingerprint density at radius 2 is 1.33 bits per heavy atom. The number of benzene rings is 5. The lowest BCUT2D eigenvalue weighted by atomic mass is 10.1. The van der Waals surface area contributed by atoms with Crippen molar-refractivity contribution < 1.29 is 0 Å². The Kier molecular flexibility index (Phi) is 4.82. The Morgan fingerprint density at radius 1 is 0.548 bits per heavy atom. The molecule has 0 fully saturated rings. The molecule has 3 heterocycles. The van der Waals surface area contributed by atoms with Crippen LogP contribution in [0.1, 0.15) is 0 Å². The summed E-state index contributed by atoms with van der Waals surface area (Å²) in [6.07, 6.45) is 0. The zero-order chi connectivity index (χ0) is 27.6. The van der Waals surface area contributed by atoms with E-state index in [1.165, 1.54) is 32.6 Å². The summed E-state index contributed by atoms with van der Waals surface area (Å²) < 4.78 is 4.72. The number of hydrogen-bond donors (Lipinski definition) is 0. The molecule has 3 nitrogen and oxygen atoms in total. The predicted octanol–water partition coefficient (Wildman–Crippen LogP) is 9.70. The second-order valence-corrected chi connectivity index (χ2v) is 10.7. The molecule has 6 aromatic carbocycles. The highest BCUT2D eigenvalue weighted by atomic mass is 15.1. The molecule has 0 atom stereocenters. The monoisotopic (exact) mass is 533 g/mol. The predicted molar refractivity (Wildman–Crippen MR) is 174 cm³/mol. The van der Waals surface area contributed by atoms with Crippen molar-refractivity contribution in [2.24, 2.45) is 0 Å². The van der Waals surface area contributed by atoms with Gasteiger partial charge < -0.3 is 4.57 Å². The van der Waals surface area contributed by atoms with Gasteiger partial charge in [-0.2, -0.15) is 0 Å². The van der Waals surface area contributed by atoms with Crippen LogP contribution >= 0.6 is 0 Å². The van der Waals surface area contributed by atoms with Crippen molar-refractivity contribution in [1.29, 1.82) is 0 Å². The Labute approximate surface area is 242 Å². The molecule has 0 aliphatic heterocycles. The van der Waals surface area contributed by atoms with Gasteiger partial charge in [0.2, 0.25) is 0 Å². The zero-order valence-corrected chi connectivity index (χ0v) is 22.6. The highest BCUT2D eigenvalue weighted by Crippen LogP contribution is 2.42. The maximum atomic E-state index is 5.22. The fourth-order valence-electron chi connectivity index (χ4n) is 6.53.